The van der Waals surface area contributed by atoms with Crippen molar-refractivity contribution in [2.75, 3.05) is 17.2 Å². The van der Waals surface area contributed by atoms with Crippen LogP contribution >= 0.6 is 11.5 Å². The summed E-state index contributed by atoms with van der Waals surface area (Å²) in [7, 11) is 0. The van der Waals surface area contributed by atoms with E-state index in [1.165, 1.54) is 18.2 Å². The number of esters is 1. The maximum absolute atomic E-state index is 12.3. The first-order valence-electron chi connectivity index (χ1n) is 8.49. The van der Waals surface area contributed by atoms with Crippen LogP contribution in [0.1, 0.15) is 27.6 Å². The number of carboxylic acid groups (broad SMARTS) is 1. The Hall–Kier alpha value is -3.79. The summed E-state index contributed by atoms with van der Waals surface area (Å²) in [6, 6.07) is 12.4. The molecule has 0 aliphatic carbocycles. The van der Waals surface area contributed by atoms with E-state index in [1.807, 2.05) is 30.3 Å². The van der Waals surface area contributed by atoms with Gasteiger partial charge in [-0.2, -0.15) is 9.36 Å². The maximum atomic E-state index is 12.3. The minimum atomic E-state index is -1.24. The number of amides is 2. The van der Waals surface area contributed by atoms with E-state index < -0.39 is 18.0 Å². The van der Waals surface area contributed by atoms with Crippen LogP contribution in [0.15, 0.2) is 48.5 Å². The van der Waals surface area contributed by atoms with Gasteiger partial charge in [-0.15, -0.1) is 0 Å². The smallest absolute Gasteiger partial charge is 0.338 e. The number of carbonyl (C=O) groups is 3. The zero-order chi connectivity index (χ0) is 20.8. The van der Waals surface area contributed by atoms with E-state index in [2.05, 4.69) is 20.0 Å². The van der Waals surface area contributed by atoms with E-state index in [1.54, 1.807) is 6.92 Å². The summed E-state index contributed by atoms with van der Waals surface area (Å²) in [6.07, 6.45) is 0. The summed E-state index contributed by atoms with van der Waals surface area (Å²) in [5.74, 6) is -1.45. The number of nitrogens with zero attached hydrogens (tertiary/aromatic N) is 2. The second-order valence-electron chi connectivity index (χ2n) is 5.69. The number of hydrogen-bond acceptors (Lipinski definition) is 7. The molecule has 148 valence electrons. The Kier molecular flexibility index (Phi) is 6.15. The highest BCUT2D eigenvalue weighted by atomic mass is 32.1. The Morgan fingerprint density at radius 2 is 1.79 bits per heavy atom. The normalized spacial score (nSPS) is 10.2. The van der Waals surface area contributed by atoms with Crippen molar-refractivity contribution in [3.63, 3.8) is 0 Å². The minimum Gasteiger partial charge on any atom is -0.478 e. The van der Waals surface area contributed by atoms with E-state index in [0.29, 0.717) is 5.82 Å². The summed E-state index contributed by atoms with van der Waals surface area (Å²) in [5, 5.41) is 14.5. The average molecular weight is 412 g/mol. The fraction of sp³-hybridized carbons (Fsp3) is 0.105. The number of aromatic nitrogens is 2. The number of hydrogen-bond donors (Lipinski definition) is 3. The Balaban J connectivity index is 1.74. The Morgan fingerprint density at radius 1 is 1.07 bits per heavy atom. The predicted molar refractivity (Wildman–Crippen MR) is 107 cm³/mol. The van der Waals surface area contributed by atoms with E-state index in [9.17, 15) is 19.5 Å². The number of benzene rings is 2. The van der Waals surface area contributed by atoms with Gasteiger partial charge in [-0.05, 0) is 25.1 Å². The third kappa shape index (κ3) is 5.14. The van der Waals surface area contributed by atoms with Crippen molar-refractivity contribution in [2.45, 2.75) is 6.92 Å². The predicted octanol–water partition coefficient (Wildman–Crippen LogP) is 3.72. The number of aromatic carboxylic acids is 1. The van der Waals surface area contributed by atoms with Gasteiger partial charge in [-0.1, -0.05) is 30.3 Å². The van der Waals surface area contributed by atoms with E-state index in [-0.39, 0.29) is 28.6 Å². The van der Waals surface area contributed by atoms with Crippen molar-refractivity contribution in [3.8, 4) is 11.4 Å². The lowest BCUT2D eigenvalue weighted by Gasteiger charge is -2.09. The Bertz CT molecular complexity index is 1050. The van der Waals surface area contributed by atoms with Crippen LogP contribution in [0.2, 0.25) is 0 Å². The van der Waals surface area contributed by atoms with Crippen LogP contribution in [0.25, 0.3) is 11.4 Å². The van der Waals surface area contributed by atoms with Crippen LogP contribution in [0.3, 0.4) is 0 Å². The molecular weight excluding hydrogens is 396 g/mol. The summed E-state index contributed by atoms with van der Waals surface area (Å²) in [4.78, 5) is 39.7. The van der Waals surface area contributed by atoms with Crippen LogP contribution < -0.4 is 10.6 Å². The van der Waals surface area contributed by atoms with Crippen LogP contribution in [0.5, 0.6) is 0 Å². The molecule has 3 rings (SSSR count). The quantitative estimate of drug-likeness (QED) is 0.526. The summed E-state index contributed by atoms with van der Waals surface area (Å²) < 4.78 is 9.08. The molecule has 0 bridgehead atoms. The molecule has 0 fully saturated rings. The molecule has 3 N–H and O–H groups in total. The molecule has 29 heavy (non-hydrogen) atoms. The SMILES string of the molecule is CCOC(=O)c1cc(NC(=O)Nc2nc(-c3ccccc3)ns2)cc(C(=O)O)c1. The lowest BCUT2D eigenvalue weighted by atomic mass is 10.1. The minimum absolute atomic E-state index is 0.0179. The van der Waals surface area contributed by atoms with Crippen LogP contribution in [-0.4, -0.2) is 39.0 Å². The van der Waals surface area contributed by atoms with E-state index >= 15 is 0 Å². The fourth-order valence-corrected chi connectivity index (χ4v) is 2.98. The molecule has 1 aromatic heterocycles. The highest BCUT2D eigenvalue weighted by Gasteiger charge is 2.15. The molecule has 0 aliphatic rings. The number of rotatable bonds is 6. The van der Waals surface area contributed by atoms with Crippen molar-refractivity contribution in [1.29, 1.82) is 0 Å². The van der Waals surface area contributed by atoms with E-state index in [0.717, 1.165) is 17.1 Å². The molecule has 2 amide bonds. The number of nitrogens with one attached hydrogen (secondary N) is 2. The van der Waals surface area contributed by atoms with Gasteiger partial charge in [0.15, 0.2) is 5.82 Å². The number of anilines is 2. The van der Waals surface area contributed by atoms with E-state index in [4.69, 9.17) is 4.74 Å². The fourth-order valence-electron chi connectivity index (χ4n) is 2.39. The second-order valence-corrected chi connectivity index (χ2v) is 6.44. The molecule has 0 atom stereocenters. The maximum Gasteiger partial charge on any atom is 0.338 e. The van der Waals surface area contributed by atoms with Gasteiger partial charge in [-0.25, -0.2) is 14.4 Å². The van der Waals surface area contributed by atoms with Crippen molar-refractivity contribution in [2.24, 2.45) is 0 Å². The van der Waals surface area contributed by atoms with Gasteiger partial charge in [0.25, 0.3) is 0 Å². The number of ether oxygens (including phenoxy) is 1. The molecule has 3 aromatic rings. The summed E-state index contributed by atoms with van der Waals surface area (Å²) >= 11 is 1.00. The Labute approximate surface area is 169 Å². The first-order chi connectivity index (χ1) is 14.0. The standard InChI is InChI=1S/C19H16N4O5S/c1-2-28-17(26)13-8-12(16(24)25)9-14(10-13)20-18(27)22-19-21-15(23-29-19)11-6-4-3-5-7-11/h3-10H,2H2,1H3,(H,24,25)(H2,20,21,22,23,27). The molecule has 0 saturated carbocycles. The number of urea groups is 1. The first-order valence-corrected chi connectivity index (χ1v) is 9.26. The number of carbonyl (C=O) groups excluding carboxylic acids is 2. The van der Waals surface area contributed by atoms with Crippen molar-refractivity contribution in [3.05, 3.63) is 59.7 Å². The molecule has 0 spiro atoms. The third-order valence-corrected chi connectivity index (χ3v) is 4.26. The lowest BCUT2D eigenvalue weighted by Crippen LogP contribution is -2.20. The first kappa shape index (κ1) is 20.0. The molecule has 10 heteroatoms. The highest BCUT2D eigenvalue weighted by molar-refractivity contribution is 7.10. The third-order valence-electron chi connectivity index (χ3n) is 3.63. The van der Waals surface area contributed by atoms with Crippen LogP contribution in [0.4, 0.5) is 15.6 Å². The molecule has 0 unspecified atom stereocenters. The topological polar surface area (TPSA) is 131 Å². The van der Waals surface area contributed by atoms with Gasteiger partial charge in [0, 0.05) is 22.8 Å². The molecule has 0 saturated heterocycles. The zero-order valence-electron chi connectivity index (χ0n) is 15.2. The molecule has 2 aromatic carbocycles. The summed E-state index contributed by atoms with van der Waals surface area (Å²) in [6.45, 7) is 1.78. The van der Waals surface area contributed by atoms with Gasteiger partial charge in [0.2, 0.25) is 5.13 Å². The van der Waals surface area contributed by atoms with Crippen LogP contribution in [-0.2, 0) is 4.74 Å². The van der Waals surface area contributed by atoms with Gasteiger partial charge in [0.1, 0.15) is 0 Å². The molecule has 0 aliphatic heterocycles. The lowest BCUT2D eigenvalue weighted by molar-refractivity contribution is 0.0526. The average Bonchev–Trinajstić information content (AvgIpc) is 3.16. The second kappa shape index (κ2) is 8.93. The van der Waals surface area contributed by atoms with Gasteiger partial charge < -0.3 is 15.2 Å². The van der Waals surface area contributed by atoms with Crippen LogP contribution in [0, 0.1) is 0 Å². The van der Waals surface area contributed by atoms with Gasteiger partial charge in [-0.3, -0.25) is 5.32 Å². The Morgan fingerprint density at radius 3 is 2.48 bits per heavy atom. The monoisotopic (exact) mass is 412 g/mol. The van der Waals surface area contributed by atoms with Gasteiger partial charge in [0.05, 0.1) is 17.7 Å². The van der Waals surface area contributed by atoms with Gasteiger partial charge >= 0.3 is 18.0 Å². The highest BCUT2D eigenvalue weighted by Crippen LogP contribution is 2.21. The molecule has 9 nitrogen and oxygen atoms in total. The van der Waals surface area contributed by atoms with Crippen molar-refractivity contribution in [1.82, 2.24) is 9.36 Å². The summed E-state index contributed by atoms with van der Waals surface area (Å²) in [5.41, 5.74) is 0.793. The molecular formula is C19H16N4O5S. The van der Waals surface area contributed by atoms with Crippen molar-refractivity contribution < 1.29 is 24.2 Å². The zero-order valence-corrected chi connectivity index (χ0v) is 16.0. The number of carboxylic acids is 1. The van der Waals surface area contributed by atoms with Crippen molar-refractivity contribution >= 4 is 40.3 Å². The molecule has 1 heterocycles. The largest absolute Gasteiger partial charge is 0.478 e. The molecule has 0 radical (unpaired) electrons.